The lowest BCUT2D eigenvalue weighted by Crippen LogP contribution is -2.48. The number of carbonyl (C=O) groups is 2. The predicted molar refractivity (Wildman–Crippen MR) is 115 cm³/mol. The van der Waals surface area contributed by atoms with Gasteiger partial charge in [-0.15, -0.1) is 0 Å². The van der Waals surface area contributed by atoms with Crippen LogP contribution >= 0.6 is 0 Å². The highest BCUT2D eigenvalue weighted by Gasteiger charge is 2.33. The Morgan fingerprint density at radius 3 is 2.18 bits per heavy atom. The molecule has 176 valence electrons. The molecule has 2 aromatic rings. The van der Waals surface area contributed by atoms with Crippen LogP contribution in [0.5, 0.6) is 0 Å². The largest absolute Gasteiger partial charge is 0.416 e. The van der Waals surface area contributed by atoms with Gasteiger partial charge in [0.1, 0.15) is 5.92 Å². The lowest BCUT2D eigenvalue weighted by molar-refractivity contribution is -0.137. The zero-order chi connectivity index (χ0) is 24.0. The maximum absolute atomic E-state index is 13.2. The van der Waals surface area contributed by atoms with Gasteiger partial charge in [0.2, 0.25) is 21.8 Å². The van der Waals surface area contributed by atoms with Crippen molar-refractivity contribution in [2.75, 3.05) is 41.7 Å². The van der Waals surface area contributed by atoms with Crippen molar-refractivity contribution in [2.45, 2.75) is 18.0 Å². The van der Waals surface area contributed by atoms with Crippen molar-refractivity contribution in [1.82, 2.24) is 4.31 Å². The van der Waals surface area contributed by atoms with Crippen LogP contribution < -0.4 is 15.5 Å². The quantitative estimate of drug-likeness (QED) is 0.656. The van der Waals surface area contributed by atoms with E-state index in [2.05, 4.69) is 10.6 Å². The zero-order valence-electron chi connectivity index (χ0n) is 17.5. The summed E-state index contributed by atoms with van der Waals surface area (Å²) in [6, 6.07) is 8.97. The van der Waals surface area contributed by atoms with E-state index in [1.54, 1.807) is 11.0 Å². The van der Waals surface area contributed by atoms with Crippen LogP contribution in [0.3, 0.4) is 0 Å². The summed E-state index contributed by atoms with van der Waals surface area (Å²) in [7, 11) is -3.93. The molecule has 2 N–H and O–H groups in total. The number of rotatable bonds is 3. The second-order valence-corrected chi connectivity index (χ2v) is 9.78. The van der Waals surface area contributed by atoms with Gasteiger partial charge in [0.25, 0.3) is 0 Å². The summed E-state index contributed by atoms with van der Waals surface area (Å²) in [5.74, 6) is -1.97. The van der Waals surface area contributed by atoms with E-state index in [0.29, 0.717) is 11.4 Å². The van der Waals surface area contributed by atoms with E-state index in [1.165, 1.54) is 35.5 Å². The van der Waals surface area contributed by atoms with Gasteiger partial charge in [0.15, 0.2) is 0 Å². The van der Waals surface area contributed by atoms with Crippen LogP contribution in [0.1, 0.15) is 12.5 Å². The summed E-state index contributed by atoms with van der Waals surface area (Å²) in [5, 5.41) is 5.14. The number of halogens is 3. The molecule has 2 heterocycles. The van der Waals surface area contributed by atoms with Crippen LogP contribution in [0.4, 0.5) is 30.2 Å². The Kier molecular flexibility index (Phi) is 5.83. The summed E-state index contributed by atoms with van der Waals surface area (Å²) >= 11 is 0. The van der Waals surface area contributed by atoms with Crippen molar-refractivity contribution in [1.29, 1.82) is 0 Å². The molecule has 1 fully saturated rings. The van der Waals surface area contributed by atoms with E-state index < -0.39 is 39.5 Å². The van der Waals surface area contributed by atoms with Gasteiger partial charge in [0, 0.05) is 31.9 Å². The summed E-state index contributed by atoms with van der Waals surface area (Å²) in [6.45, 7) is 2.04. The fourth-order valence-electron chi connectivity index (χ4n) is 3.71. The first-order valence-corrected chi connectivity index (χ1v) is 11.6. The minimum Gasteiger partial charge on any atom is -0.369 e. The number of hydrogen-bond acceptors (Lipinski definition) is 5. The Bertz CT molecular complexity index is 1210. The normalized spacial score (nSPS) is 20.0. The fraction of sp³-hybridized carbons (Fsp3) is 0.333. The van der Waals surface area contributed by atoms with Gasteiger partial charge in [-0.3, -0.25) is 9.59 Å². The third kappa shape index (κ3) is 4.53. The molecule has 0 bridgehead atoms. The highest BCUT2D eigenvalue weighted by Crippen LogP contribution is 2.33. The molecule has 0 spiro atoms. The molecule has 33 heavy (non-hydrogen) atoms. The number of carbonyl (C=O) groups excluding carboxylic acids is 2. The smallest absolute Gasteiger partial charge is 0.369 e. The first-order chi connectivity index (χ1) is 15.5. The third-order valence-corrected chi connectivity index (χ3v) is 7.60. The van der Waals surface area contributed by atoms with Gasteiger partial charge < -0.3 is 15.5 Å². The van der Waals surface area contributed by atoms with Gasteiger partial charge in [-0.05, 0) is 43.3 Å². The SMILES string of the molecule is C[C@H]1C(=O)Nc2ccc(S(=O)(=O)N3CCN(c4cccc(C(F)(F)F)c4)CC3)cc2NC1=O. The second kappa shape index (κ2) is 8.34. The van der Waals surface area contributed by atoms with Crippen molar-refractivity contribution in [3.8, 4) is 0 Å². The Balaban J connectivity index is 1.51. The molecular weight excluding hydrogens is 461 g/mol. The highest BCUT2D eigenvalue weighted by molar-refractivity contribution is 7.89. The number of alkyl halides is 3. The molecule has 2 amide bonds. The van der Waals surface area contributed by atoms with Gasteiger partial charge in [-0.25, -0.2) is 8.42 Å². The van der Waals surface area contributed by atoms with E-state index in [0.717, 1.165) is 12.1 Å². The summed E-state index contributed by atoms with van der Waals surface area (Å²) in [5.41, 5.74) is 0.0929. The third-order valence-electron chi connectivity index (χ3n) is 5.71. The predicted octanol–water partition coefficient (Wildman–Crippen LogP) is 2.74. The maximum Gasteiger partial charge on any atom is 0.416 e. The first kappa shape index (κ1) is 23.1. The molecule has 2 aromatic carbocycles. The molecule has 0 radical (unpaired) electrons. The number of sulfonamides is 1. The van der Waals surface area contributed by atoms with E-state index in [-0.39, 0.29) is 36.8 Å². The van der Waals surface area contributed by atoms with Crippen LogP contribution in [0.2, 0.25) is 0 Å². The standard InChI is InChI=1S/C21H21F3N4O4S/c1-13-19(29)25-17-6-5-16(12-18(17)26-20(13)30)33(31,32)28-9-7-27(8-10-28)15-4-2-3-14(11-15)21(22,23)24/h2-6,11-13H,7-10H2,1H3,(H,25,29)(H,26,30)/t13-/m0/s1. The topological polar surface area (TPSA) is 98.8 Å². The number of nitrogens with zero attached hydrogens (tertiary/aromatic N) is 2. The molecule has 0 unspecified atom stereocenters. The average Bonchev–Trinajstić information content (AvgIpc) is 2.89. The van der Waals surface area contributed by atoms with Crippen molar-refractivity contribution in [2.24, 2.45) is 5.92 Å². The molecule has 1 saturated heterocycles. The molecule has 0 aromatic heterocycles. The number of nitrogens with one attached hydrogen (secondary N) is 2. The van der Waals surface area contributed by atoms with Crippen molar-refractivity contribution in [3.05, 3.63) is 48.0 Å². The Morgan fingerprint density at radius 2 is 1.55 bits per heavy atom. The van der Waals surface area contributed by atoms with Crippen LogP contribution in [0, 0.1) is 5.92 Å². The van der Waals surface area contributed by atoms with E-state index in [9.17, 15) is 31.2 Å². The molecule has 2 aliphatic rings. The number of hydrogen-bond donors (Lipinski definition) is 2. The second-order valence-electron chi connectivity index (χ2n) is 7.85. The summed E-state index contributed by atoms with van der Waals surface area (Å²) in [6.07, 6.45) is -4.46. The molecule has 1 atom stereocenters. The lowest BCUT2D eigenvalue weighted by Gasteiger charge is -2.35. The van der Waals surface area contributed by atoms with Crippen LogP contribution in [0.25, 0.3) is 0 Å². The lowest BCUT2D eigenvalue weighted by atomic mass is 10.1. The highest BCUT2D eigenvalue weighted by atomic mass is 32.2. The van der Waals surface area contributed by atoms with Crippen LogP contribution in [0.15, 0.2) is 47.4 Å². The van der Waals surface area contributed by atoms with Crippen LogP contribution in [-0.4, -0.2) is 50.7 Å². The van der Waals surface area contributed by atoms with Crippen molar-refractivity contribution in [3.63, 3.8) is 0 Å². The van der Waals surface area contributed by atoms with E-state index >= 15 is 0 Å². The molecule has 12 heteroatoms. The van der Waals surface area contributed by atoms with E-state index in [4.69, 9.17) is 0 Å². The van der Waals surface area contributed by atoms with Crippen molar-refractivity contribution < 1.29 is 31.2 Å². The molecule has 2 aliphatic heterocycles. The molecular formula is C21H21F3N4O4S. The van der Waals surface area contributed by atoms with Gasteiger partial charge >= 0.3 is 6.18 Å². The van der Waals surface area contributed by atoms with E-state index in [1.807, 2.05) is 0 Å². The van der Waals surface area contributed by atoms with Gasteiger partial charge in [-0.1, -0.05) is 6.07 Å². The summed E-state index contributed by atoms with van der Waals surface area (Å²) in [4.78, 5) is 25.7. The molecule has 8 nitrogen and oxygen atoms in total. The monoisotopic (exact) mass is 482 g/mol. The minimum atomic E-state index is -4.46. The maximum atomic E-state index is 13.2. The molecule has 0 aliphatic carbocycles. The number of amides is 2. The minimum absolute atomic E-state index is 0.0575. The number of anilines is 3. The Hall–Kier alpha value is -3.12. The van der Waals surface area contributed by atoms with Crippen molar-refractivity contribution >= 4 is 38.9 Å². The van der Waals surface area contributed by atoms with Crippen LogP contribution in [-0.2, 0) is 25.8 Å². The zero-order valence-corrected chi connectivity index (χ0v) is 18.3. The molecule has 0 saturated carbocycles. The number of fused-ring (bicyclic) bond motifs is 1. The van der Waals surface area contributed by atoms with Gasteiger partial charge in [0.05, 0.1) is 21.8 Å². The average molecular weight is 482 g/mol. The Morgan fingerprint density at radius 1 is 0.909 bits per heavy atom. The molecule has 4 rings (SSSR count). The Labute approximate surface area is 188 Å². The first-order valence-electron chi connectivity index (χ1n) is 10.1. The fourth-order valence-corrected chi connectivity index (χ4v) is 5.16. The number of piperazine rings is 1. The summed E-state index contributed by atoms with van der Waals surface area (Å²) < 4.78 is 66.6. The number of benzene rings is 2. The van der Waals surface area contributed by atoms with Gasteiger partial charge in [-0.2, -0.15) is 17.5 Å².